The number of aryl methyl sites for hydroxylation is 1. The second-order valence-corrected chi connectivity index (χ2v) is 9.77. The lowest BCUT2D eigenvalue weighted by molar-refractivity contribution is -0.433. The van der Waals surface area contributed by atoms with Gasteiger partial charge in [0, 0.05) is 5.92 Å². The van der Waals surface area contributed by atoms with Gasteiger partial charge in [0.1, 0.15) is 0 Å². The van der Waals surface area contributed by atoms with Crippen LogP contribution in [0.3, 0.4) is 0 Å². The van der Waals surface area contributed by atoms with Crippen molar-refractivity contribution >= 4 is 0 Å². The largest absolute Gasteiger partial charge is 0.324 e. The lowest BCUT2D eigenvalue weighted by Crippen LogP contribution is -2.51. The van der Waals surface area contributed by atoms with E-state index in [1.807, 2.05) is 41.5 Å². The van der Waals surface area contributed by atoms with Crippen molar-refractivity contribution in [2.45, 2.75) is 131 Å². The van der Waals surface area contributed by atoms with Crippen molar-refractivity contribution in [3.05, 3.63) is 35.1 Å². The minimum Gasteiger partial charge on any atom is -0.324 e. The smallest absolute Gasteiger partial charge is 0.286 e. The van der Waals surface area contributed by atoms with Gasteiger partial charge in [-0.15, -0.1) is 0 Å². The van der Waals surface area contributed by atoms with Crippen molar-refractivity contribution in [2.75, 3.05) is 0 Å². The average Bonchev–Trinajstić information content (AvgIpc) is 2.68. The molecule has 33 heavy (non-hydrogen) atoms. The topological polar surface area (TPSA) is 27.7 Å². The zero-order chi connectivity index (χ0) is 25.0. The molecular formula is C27H45F3O3. The molecule has 1 atom stereocenters. The Hall–Kier alpha value is -1.11. The summed E-state index contributed by atoms with van der Waals surface area (Å²) in [6.45, 7) is 13.8. The highest BCUT2D eigenvalue weighted by atomic mass is 19.2. The Kier molecular flexibility index (Phi) is 13.6. The van der Waals surface area contributed by atoms with Gasteiger partial charge in [-0.3, -0.25) is 0 Å². The number of rotatable bonds is 17. The van der Waals surface area contributed by atoms with Crippen LogP contribution in [0.15, 0.2) is 12.1 Å². The van der Waals surface area contributed by atoms with Crippen molar-refractivity contribution in [3.8, 4) is 0 Å². The maximum Gasteiger partial charge on any atom is 0.286 e. The summed E-state index contributed by atoms with van der Waals surface area (Å²) in [6, 6.07) is 2.13. The van der Waals surface area contributed by atoms with Gasteiger partial charge in [-0.2, -0.15) is 0 Å². The molecule has 1 aromatic rings. The van der Waals surface area contributed by atoms with Gasteiger partial charge in [-0.05, 0) is 78.5 Å². The average molecular weight is 475 g/mol. The summed E-state index contributed by atoms with van der Waals surface area (Å²) < 4.78 is 59.9. The fourth-order valence-electron chi connectivity index (χ4n) is 4.12. The molecule has 0 aliphatic heterocycles. The van der Waals surface area contributed by atoms with Gasteiger partial charge < -0.3 is 14.2 Å². The standard InChI is InChI=1S/C27H45F3O3/c1-8-9-10-11-12-13-14-23(16-15-22-17-24(28)26(30)25(29)18-22)27(31-19(2)3,32-20(4)5)33-21(6)7/h17-21,23H,8-16H2,1-7H3. The quantitative estimate of drug-likeness (QED) is 0.129. The molecule has 1 unspecified atom stereocenters. The van der Waals surface area contributed by atoms with E-state index in [2.05, 4.69) is 6.92 Å². The number of hydrogen-bond acceptors (Lipinski definition) is 3. The van der Waals surface area contributed by atoms with Gasteiger partial charge >= 0.3 is 0 Å². The number of benzene rings is 1. The van der Waals surface area contributed by atoms with Gasteiger partial charge in [0.2, 0.25) is 0 Å². The third-order valence-electron chi connectivity index (χ3n) is 5.43. The number of unbranched alkanes of at least 4 members (excludes halogenated alkanes) is 5. The van der Waals surface area contributed by atoms with E-state index in [0.717, 1.165) is 31.4 Å². The van der Waals surface area contributed by atoms with Crippen LogP contribution < -0.4 is 0 Å². The van der Waals surface area contributed by atoms with Crippen molar-refractivity contribution < 1.29 is 27.4 Å². The maximum atomic E-state index is 13.8. The van der Waals surface area contributed by atoms with Crippen LogP contribution in [0.25, 0.3) is 0 Å². The fourth-order valence-corrected chi connectivity index (χ4v) is 4.12. The van der Waals surface area contributed by atoms with Crippen LogP contribution in [0, 0.1) is 23.4 Å². The van der Waals surface area contributed by atoms with Gasteiger partial charge in [0.25, 0.3) is 5.97 Å². The Morgan fingerprint density at radius 1 is 0.697 bits per heavy atom. The Morgan fingerprint density at radius 2 is 1.15 bits per heavy atom. The predicted molar refractivity (Wildman–Crippen MR) is 128 cm³/mol. The minimum absolute atomic E-state index is 0.143. The van der Waals surface area contributed by atoms with Gasteiger partial charge in [-0.25, -0.2) is 13.2 Å². The Morgan fingerprint density at radius 3 is 1.61 bits per heavy atom. The third-order valence-corrected chi connectivity index (χ3v) is 5.43. The highest BCUT2D eigenvalue weighted by Crippen LogP contribution is 2.37. The molecule has 0 N–H and O–H groups in total. The van der Waals surface area contributed by atoms with E-state index < -0.39 is 23.4 Å². The molecule has 0 aliphatic carbocycles. The molecule has 0 radical (unpaired) electrons. The molecular weight excluding hydrogens is 429 g/mol. The van der Waals surface area contributed by atoms with Crippen LogP contribution in [0.5, 0.6) is 0 Å². The molecule has 0 spiro atoms. The lowest BCUT2D eigenvalue weighted by Gasteiger charge is -2.43. The minimum atomic E-state index is -1.44. The van der Waals surface area contributed by atoms with Crippen LogP contribution in [0.2, 0.25) is 0 Å². The summed E-state index contributed by atoms with van der Waals surface area (Å²) in [6.07, 6.45) is 8.15. The highest BCUT2D eigenvalue weighted by molar-refractivity contribution is 5.19. The summed E-state index contributed by atoms with van der Waals surface area (Å²) in [4.78, 5) is 0. The molecule has 1 aromatic carbocycles. The highest BCUT2D eigenvalue weighted by Gasteiger charge is 2.44. The van der Waals surface area contributed by atoms with E-state index in [4.69, 9.17) is 14.2 Å². The van der Waals surface area contributed by atoms with E-state index in [0.29, 0.717) is 18.4 Å². The molecule has 6 heteroatoms. The zero-order valence-corrected chi connectivity index (χ0v) is 21.7. The van der Waals surface area contributed by atoms with Crippen LogP contribution in [-0.4, -0.2) is 24.3 Å². The SMILES string of the molecule is CCCCCCCCC(CCc1cc(F)c(F)c(F)c1)C(OC(C)C)(OC(C)C)OC(C)C. The normalized spacial score (nSPS) is 13.5. The fraction of sp³-hybridized carbons (Fsp3) is 0.778. The molecule has 0 heterocycles. The summed E-state index contributed by atoms with van der Waals surface area (Å²) in [5, 5.41) is 0. The van der Waals surface area contributed by atoms with Crippen molar-refractivity contribution in [1.82, 2.24) is 0 Å². The number of ether oxygens (including phenoxy) is 3. The lowest BCUT2D eigenvalue weighted by atomic mass is 9.90. The summed E-state index contributed by atoms with van der Waals surface area (Å²) in [5.74, 6) is -5.20. The van der Waals surface area contributed by atoms with E-state index >= 15 is 0 Å². The second-order valence-electron chi connectivity index (χ2n) is 9.77. The first-order valence-electron chi connectivity index (χ1n) is 12.7. The summed E-state index contributed by atoms with van der Waals surface area (Å²) in [7, 11) is 0. The van der Waals surface area contributed by atoms with E-state index in [1.165, 1.54) is 25.7 Å². The molecule has 0 saturated heterocycles. The monoisotopic (exact) mass is 474 g/mol. The predicted octanol–water partition coefficient (Wildman–Crippen LogP) is 8.33. The van der Waals surface area contributed by atoms with Crippen LogP contribution >= 0.6 is 0 Å². The van der Waals surface area contributed by atoms with Gasteiger partial charge in [0.15, 0.2) is 17.5 Å². The van der Waals surface area contributed by atoms with Gasteiger partial charge in [0.05, 0.1) is 18.3 Å². The summed E-state index contributed by atoms with van der Waals surface area (Å²) in [5.41, 5.74) is 0.409. The number of halogens is 3. The first-order valence-corrected chi connectivity index (χ1v) is 12.7. The maximum absolute atomic E-state index is 13.8. The molecule has 1 rings (SSSR count). The molecule has 0 aromatic heterocycles. The van der Waals surface area contributed by atoms with Crippen molar-refractivity contribution in [3.63, 3.8) is 0 Å². The molecule has 0 bridgehead atoms. The van der Waals surface area contributed by atoms with E-state index in [-0.39, 0.29) is 24.2 Å². The van der Waals surface area contributed by atoms with Gasteiger partial charge in [-0.1, -0.05) is 45.4 Å². The first kappa shape index (κ1) is 29.9. The molecule has 0 fully saturated rings. The summed E-state index contributed by atoms with van der Waals surface area (Å²) >= 11 is 0. The van der Waals surface area contributed by atoms with E-state index in [1.54, 1.807) is 0 Å². The number of hydrogen-bond donors (Lipinski definition) is 0. The Bertz CT molecular complexity index is 627. The first-order chi connectivity index (χ1) is 15.5. The van der Waals surface area contributed by atoms with Crippen LogP contribution in [-0.2, 0) is 20.6 Å². The Balaban J connectivity index is 3.15. The van der Waals surface area contributed by atoms with E-state index in [9.17, 15) is 13.2 Å². The Labute approximate surface area is 199 Å². The van der Waals surface area contributed by atoms with Crippen LogP contribution in [0.1, 0.15) is 105 Å². The molecule has 0 saturated carbocycles. The van der Waals surface area contributed by atoms with Crippen molar-refractivity contribution in [2.24, 2.45) is 5.92 Å². The van der Waals surface area contributed by atoms with Crippen molar-refractivity contribution in [1.29, 1.82) is 0 Å². The molecule has 0 aliphatic rings. The molecule has 192 valence electrons. The third kappa shape index (κ3) is 10.8. The molecule has 3 nitrogen and oxygen atoms in total. The second kappa shape index (κ2) is 15.0. The van der Waals surface area contributed by atoms with Crippen LogP contribution in [0.4, 0.5) is 13.2 Å². The zero-order valence-electron chi connectivity index (χ0n) is 21.7. The molecule has 0 amide bonds.